The van der Waals surface area contributed by atoms with Gasteiger partial charge in [-0.2, -0.15) is 9.37 Å². The number of benzene rings is 1. The zero-order valence-electron chi connectivity index (χ0n) is 9.21. The van der Waals surface area contributed by atoms with Crippen LogP contribution in [0.2, 0.25) is 5.02 Å². The number of hydrogen-bond acceptors (Lipinski definition) is 6. The third-order valence-corrected chi connectivity index (χ3v) is 2.38. The Morgan fingerprint density at radius 2 is 2.21 bits per heavy atom. The van der Waals surface area contributed by atoms with E-state index in [0.29, 0.717) is 0 Å². The van der Waals surface area contributed by atoms with Gasteiger partial charge in [-0.15, -0.1) is 0 Å². The summed E-state index contributed by atoms with van der Waals surface area (Å²) < 4.78 is 18.4. The van der Waals surface area contributed by atoms with Crippen LogP contribution in [0.25, 0.3) is 0 Å². The molecule has 7 nitrogen and oxygen atoms in total. The Bertz CT molecular complexity index is 653. The molecular formula is C10H6ClFN4O3. The molecule has 98 valence electrons. The predicted octanol–water partition coefficient (Wildman–Crippen LogP) is 2.55. The molecule has 1 heterocycles. The summed E-state index contributed by atoms with van der Waals surface area (Å²) in [6.07, 6.45) is 0.822. The second-order valence-electron chi connectivity index (χ2n) is 3.36. The second-order valence-corrected chi connectivity index (χ2v) is 3.76. The summed E-state index contributed by atoms with van der Waals surface area (Å²) >= 11 is 5.80. The molecule has 0 aliphatic carbocycles. The Hall–Kier alpha value is -2.48. The van der Waals surface area contributed by atoms with Crippen LogP contribution in [0.3, 0.4) is 0 Å². The number of nitrogens with zero attached hydrogens (tertiary/aromatic N) is 3. The number of ether oxygens (including phenoxy) is 1. The van der Waals surface area contributed by atoms with E-state index in [-0.39, 0.29) is 22.4 Å². The number of halogens is 2. The molecule has 2 aromatic rings. The number of hydrogen-bond donors (Lipinski definition) is 1. The number of nitrogens with two attached hydrogens (primary N) is 1. The Morgan fingerprint density at radius 3 is 2.89 bits per heavy atom. The number of nitro groups is 1. The van der Waals surface area contributed by atoms with E-state index in [9.17, 15) is 14.5 Å². The summed E-state index contributed by atoms with van der Waals surface area (Å²) in [6.45, 7) is 0. The van der Waals surface area contributed by atoms with Gasteiger partial charge in [0.05, 0.1) is 22.2 Å². The molecule has 0 amide bonds. The van der Waals surface area contributed by atoms with Gasteiger partial charge in [-0.1, -0.05) is 11.6 Å². The molecule has 0 aliphatic rings. The average molecular weight is 285 g/mol. The number of rotatable bonds is 3. The van der Waals surface area contributed by atoms with Crippen molar-refractivity contribution in [3.63, 3.8) is 0 Å². The molecule has 0 bridgehead atoms. The van der Waals surface area contributed by atoms with Gasteiger partial charge in [0, 0.05) is 6.07 Å². The van der Waals surface area contributed by atoms with Crippen molar-refractivity contribution in [2.75, 3.05) is 5.73 Å². The smallest absolute Gasteiger partial charge is 0.273 e. The first-order valence-electron chi connectivity index (χ1n) is 4.87. The Morgan fingerprint density at radius 1 is 1.47 bits per heavy atom. The summed E-state index contributed by atoms with van der Waals surface area (Å²) in [7, 11) is 0. The van der Waals surface area contributed by atoms with Gasteiger partial charge in [-0.3, -0.25) is 10.1 Å². The molecule has 1 aromatic carbocycles. The molecule has 0 spiro atoms. The second kappa shape index (κ2) is 5.02. The predicted molar refractivity (Wildman–Crippen MR) is 64.6 cm³/mol. The fourth-order valence-electron chi connectivity index (χ4n) is 1.22. The third kappa shape index (κ3) is 2.86. The minimum atomic E-state index is -0.864. The van der Waals surface area contributed by atoms with Gasteiger partial charge in [0.2, 0.25) is 11.8 Å². The number of non-ortho nitro benzene ring substituents is 1. The van der Waals surface area contributed by atoms with Gasteiger partial charge >= 0.3 is 0 Å². The van der Waals surface area contributed by atoms with Crippen LogP contribution in [-0.2, 0) is 0 Å². The van der Waals surface area contributed by atoms with Crippen molar-refractivity contribution in [1.82, 2.24) is 9.97 Å². The summed E-state index contributed by atoms with van der Waals surface area (Å²) in [5.41, 5.74) is 5.04. The fraction of sp³-hybridized carbons (Fsp3) is 0. The lowest BCUT2D eigenvalue weighted by Gasteiger charge is -2.07. The van der Waals surface area contributed by atoms with E-state index in [1.54, 1.807) is 0 Å². The van der Waals surface area contributed by atoms with E-state index in [4.69, 9.17) is 22.1 Å². The van der Waals surface area contributed by atoms with Crippen LogP contribution < -0.4 is 10.5 Å². The van der Waals surface area contributed by atoms with E-state index < -0.39 is 16.6 Å². The van der Waals surface area contributed by atoms with E-state index in [0.717, 1.165) is 12.3 Å². The topological polar surface area (TPSA) is 104 Å². The highest BCUT2D eigenvalue weighted by Gasteiger charge is 2.14. The molecule has 1 aromatic heterocycles. The molecule has 0 unspecified atom stereocenters. The first kappa shape index (κ1) is 13.0. The molecule has 0 radical (unpaired) electrons. The largest absolute Gasteiger partial charge is 0.434 e. The molecule has 0 saturated carbocycles. The molecule has 2 rings (SSSR count). The van der Waals surface area contributed by atoms with Crippen LogP contribution in [0.1, 0.15) is 0 Å². The maximum Gasteiger partial charge on any atom is 0.273 e. The van der Waals surface area contributed by atoms with Gasteiger partial charge < -0.3 is 10.5 Å². The highest BCUT2D eigenvalue weighted by Crippen LogP contribution is 2.32. The van der Waals surface area contributed by atoms with Gasteiger partial charge in [0.15, 0.2) is 5.75 Å². The Labute approximate surface area is 111 Å². The van der Waals surface area contributed by atoms with Crippen molar-refractivity contribution in [3.05, 3.63) is 45.4 Å². The van der Waals surface area contributed by atoms with Crippen LogP contribution >= 0.6 is 11.6 Å². The van der Waals surface area contributed by atoms with Crippen LogP contribution in [0.15, 0.2) is 24.4 Å². The van der Waals surface area contributed by atoms with Gasteiger partial charge in [0.25, 0.3) is 11.6 Å². The van der Waals surface area contributed by atoms with E-state index in [1.807, 2.05) is 0 Å². The normalized spacial score (nSPS) is 10.2. The van der Waals surface area contributed by atoms with Crippen molar-refractivity contribution in [2.24, 2.45) is 0 Å². The highest BCUT2D eigenvalue weighted by atomic mass is 35.5. The minimum absolute atomic E-state index is 0.0715. The molecule has 19 heavy (non-hydrogen) atoms. The average Bonchev–Trinajstić information content (AvgIpc) is 2.36. The third-order valence-electron chi connectivity index (χ3n) is 2.06. The number of nitrogen functional groups attached to an aromatic ring is 1. The van der Waals surface area contributed by atoms with Crippen LogP contribution in [0.4, 0.5) is 16.0 Å². The SMILES string of the molecule is Nc1ncc(F)c(Oc2cc([N+](=O)[O-])ccc2Cl)n1. The van der Waals surface area contributed by atoms with E-state index in [2.05, 4.69) is 9.97 Å². The lowest BCUT2D eigenvalue weighted by molar-refractivity contribution is -0.384. The maximum atomic E-state index is 13.4. The summed E-state index contributed by atoms with van der Waals surface area (Å²) in [5.74, 6) is -1.63. The first-order valence-corrected chi connectivity index (χ1v) is 5.25. The zero-order chi connectivity index (χ0) is 14.0. The standard InChI is InChI=1S/C10H6ClFN4O3/c11-6-2-1-5(16(17)18)3-8(6)19-9-7(12)4-14-10(13)15-9/h1-4H,(H2,13,14,15). The van der Waals surface area contributed by atoms with E-state index in [1.165, 1.54) is 12.1 Å². The fourth-order valence-corrected chi connectivity index (χ4v) is 1.38. The van der Waals surface area contributed by atoms with Crippen LogP contribution in [0.5, 0.6) is 11.6 Å². The molecule has 2 N–H and O–H groups in total. The number of anilines is 1. The van der Waals surface area contributed by atoms with Gasteiger partial charge in [-0.05, 0) is 6.07 Å². The molecule has 0 aliphatic heterocycles. The van der Waals surface area contributed by atoms with Crippen molar-refractivity contribution >= 4 is 23.2 Å². The first-order chi connectivity index (χ1) is 8.97. The van der Waals surface area contributed by atoms with E-state index >= 15 is 0 Å². The number of nitro benzene ring substituents is 1. The lowest BCUT2D eigenvalue weighted by Crippen LogP contribution is -2.00. The van der Waals surface area contributed by atoms with Crippen LogP contribution in [0, 0.1) is 15.9 Å². The van der Waals surface area contributed by atoms with Crippen molar-refractivity contribution in [1.29, 1.82) is 0 Å². The molecule has 0 atom stereocenters. The number of aromatic nitrogens is 2. The monoisotopic (exact) mass is 284 g/mol. The Balaban J connectivity index is 2.40. The van der Waals surface area contributed by atoms with Gasteiger partial charge in [-0.25, -0.2) is 4.98 Å². The van der Waals surface area contributed by atoms with Crippen molar-refractivity contribution in [2.45, 2.75) is 0 Å². The van der Waals surface area contributed by atoms with Crippen LogP contribution in [-0.4, -0.2) is 14.9 Å². The Kier molecular flexibility index (Phi) is 3.43. The lowest BCUT2D eigenvalue weighted by atomic mass is 10.3. The summed E-state index contributed by atoms with van der Waals surface area (Å²) in [4.78, 5) is 16.9. The van der Waals surface area contributed by atoms with Crippen molar-refractivity contribution < 1.29 is 14.1 Å². The molecule has 0 fully saturated rings. The van der Waals surface area contributed by atoms with Crippen molar-refractivity contribution in [3.8, 4) is 11.6 Å². The molecule has 9 heteroatoms. The molecule has 0 saturated heterocycles. The molecular weight excluding hydrogens is 279 g/mol. The highest BCUT2D eigenvalue weighted by molar-refractivity contribution is 6.32. The summed E-state index contributed by atoms with van der Waals surface area (Å²) in [6, 6.07) is 3.51. The van der Waals surface area contributed by atoms with Gasteiger partial charge in [0.1, 0.15) is 0 Å². The summed E-state index contributed by atoms with van der Waals surface area (Å²) in [5, 5.41) is 10.7. The minimum Gasteiger partial charge on any atom is -0.434 e. The quantitative estimate of drug-likeness (QED) is 0.686. The zero-order valence-corrected chi connectivity index (χ0v) is 9.96. The maximum absolute atomic E-state index is 13.4.